The summed E-state index contributed by atoms with van der Waals surface area (Å²) in [6.07, 6.45) is 1.99. The number of rotatable bonds is 8. The molecule has 21 heavy (non-hydrogen) atoms. The zero-order valence-corrected chi connectivity index (χ0v) is 13.6. The number of nitrogens with one attached hydrogen (secondary N) is 1. The van der Waals surface area contributed by atoms with Crippen LogP contribution in [0, 0.1) is 0 Å². The minimum absolute atomic E-state index is 0.151. The summed E-state index contributed by atoms with van der Waals surface area (Å²) in [5, 5.41) is 12.7. The molecule has 2 atom stereocenters. The Morgan fingerprint density at radius 2 is 2.10 bits per heavy atom. The topological polar surface area (TPSA) is 58.6 Å². The molecule has 0 aliphatic heterocycles. The second-order valence-electron chi connectivity index (χ2n) is 5.12. The van der Waals surface area contributed by atoms with E-state index < -0.39 is 12.2 Å². The summed E-state index contributed by atoms with van der Waals surface area (Å²) in [4.78, 5) is 11.9. The van der Waals surface area contributed by atoms with Crippen molar-refractivity contribution in [2.45, 2.75) is 52.2 Å². The van der Waals surface area contributed by atoms with Gasteiger partial charge in [0, 0.05) is 6.54 Å². The van der Waals surface area contributed by atoms with Crippen LogP contribution in [0.15, 0.2) is 18.2 Å². The SMILES string of the molecule is CCCCCNC(=O)C(C)Oc1ccc(C(C)O)cc1Cl. The van der Waals surface area contributed by atoms with Gasteiger partial charge in [-0.15, -0.1) is 0 Å². The molecule has 1 aromatic rings. The Morgan fingerprint density at radius 3 is 2.67 bits per heavy atom. The maximum absolute atomic E-state index is 11.9. The highest BCUT2D eigenvalue weighted by Crippen LogP contribution is 2.28. The summed E-state index contributed by atoms with van der Waals surface area (Å²) >= 11 is 6.10. The molecule has 118 valence electrons. The molecule has 0 saturated carbocycles. The van der Waals surface area contributed by atoms with Crippen molar-refractivity contribution in [1.82, 2.24) is 5.32 Å². The van der Waals surface area contributed by atoms with Crippen molar-refractivity contribution in [1.29, 1.82) is 0 Å². The summed E-state index contributed by atoms with van der Waals surface area (Å²) in [6, 6.07) is 5.05. The van der Waals surface area contributed by atoms with E-state index >= 15 is 0 Å². The summed E-state index contributed by atoms with van der Waals surface area (Å²) < 4.78 is 5.57. The molecule has 4 nitrogen and oxygen atoms in total. The van der Waals surface area contributed by atoms with Crippen LogP contribution in [0.3, 0.4) is 0 Å². The molecule has 0 bridgehead atoms. The summed E-state index contributed by atoms with van der Waals surface area (Å²) in [6.45, 7) is 6.13. The van der Waals surface area contributed by atoms with E-state index in [4.69, 9.17) is 16.3 Å². The molecule has 0 aliphatic carbocycles. The Balaban J connectivity index is 2.54. The fourth-order valence-electron chi connectivity index (χ4n) is 1.85. The third-order valence-corrected chi connectivity index (χ3v) is 3.49. The second kappa shape index (κ2) is 8.90. The van der Waals surface area contributed by atoms with Crippen LogP contribution >= 0.6 is 11.6 Å². The number of aliphatic hydroxyl groups is 1. The average molecular weight is 314 g/mol. The monoisotopic (exact) mass is 313 g/mol. The van der Waals surface area contributed by atoms with Crippen molar-refractivity contribution >= 4 is 17.5 Å². The zero-order valence-electron chi connectivity index (χ0n) is 12.9. The third kappa shape index (κ3) is 5.94. The lowest BCUT2D eigenvalue weighted by Gasteiger charge is -2.16. The minimum atomic E-state index is -0.610. The first-order chi connectivity index (χ1) is 9.95. The van der Waals surface area contributed by atoms with E-state index in [0.717, 1.165) is 19.3 Å². The number of halogens is 1. The van der Waals surface area contributed by atoms with E-state index in [0.29, 0.717) is 22.9 Å². The van der Waals surface area contributed by atoms with Gasteiger partial charge in [-0.05, 0) is 38.0 Å². The van der Waals surface area contributed by atoms with Crippen molar-refractivity contribution < 1.29 is 14.6 Å². The van der Waals surface area contributed by atoms with Gasteiger partial charge in [0.05, 0.1) is 11.1 Å². The lowest BCUT2D eigenvalue weighted by molar-refractivity contribution is -0.127. The second-order valence-corrected chi connectivity index (χ2v) is 5.53. The predicted molar refractivity (Wildman–Crippen MR) is 84.7 cm³/mol. The first kappa shape index (κ1) is 17.8. The van der Waals surface area contributed by atoms with Crippen LogP contribution < -0.4 is 10.1 Å². The van der Waals surface area contributed by atoms with Gasteiger partial charge in [0.15, 0.2) is 6.10 Å². The normalized spacial score (nSPS) is 13.6. The van der Waals surface area contributed by atoms with Crippen LogP contribution in [-0.2, 0) is 4.79 Å². The standard InChI is InChI=1S/C16H24ClNO3/c1-4-5-6-9-18-16(20)12(3)21-15-8-7-13(11(2)19)10-14(15)17/h7-8,10-12,19H,4-6,9H2,1-3H3,(H,18,20). The Morgan fingerprint density at radius 1 is 1.38 bits per heavy atom. The van der Waals surface area contributed by atoms with Gasteiger partial charge in [-0.1, -0.05) is 37.4 Å². The maximum atomic E-state index is 11.9. The molecule has 0 aromatic heterocycles. The van der Waals surface area contributed by atoms with E-state index in [2.05, 4.69) is 12.2 Å². The molecule has 5 heteroatoms. The Bertz CT molecular complexity index is 463. The van der Waals surface area contributed by atoms with E-state index in [1.54, 1.807) is 32.0 Å². The Hall–Kier alpha value is -1.26. The van der Waals surface area contributed by atoms with Crippen LogP contribution in [0.5, 0.6) is 5.75 Å². The summed E-state index contributed by atoms with van der Waals surface area (Å²) in [5.74, 6) is 0.291. The number of carbonyl (C=O) groups is 1. The predicted octanol–water partition coefficient (Wildman–Crippen LogP) is 3.47. The number of unbranched alkanes of at least 4 members (excludes halogenated alkanes) is 2. The van der Waals surface area contributed by atoms with Crippen LogP contribution in [0.4, 0.5) is 0 Å². The number of amides is 1. The largest absolute Gasteiger partial charge is 0.479 e. The Labute approximate surface area is 131 Å². The first-order valence-electron chi connectivity index (χ1n) is 7.37. The number of aliphatic hydroxyl groups excluding tert-OH is 1. The van der Waals surface area contributed by atoms with E-state index in [1.165, 1.54) is 0 Å². The van der Waals surface area contributed by atoms with Gasteiger partial charge in [0.2, 0.25) is 0 Å². The number of carbonyl (C=O) groups excluding carboxylic acids is 1. The molecule has 2 unspecified atom stereocenters. The molecule has 0 aliphatic rings. The van der Waals surface area contributed by atoms with Gasteiger partial charge < -0.3 is 15.2 Å². The van der Waals surface area contributed by atoms with Crippen LogP contribution in [0.1, 0.15) is 51.7 Å². The van der Waals surface area contributed by atoms with Gasteiger partial charge >= 0.3 is 0 Å². The maximum Gasteiger partial charge on any atom is 0.260 e. The van der Waals surface area contributed by atoms with Gasteiger partial charge in [-0.25, -0.2) is 0 Å². The lowest BCUT2D eigenvalue weighted by atomic mass is 10.1. The van der Waals surface area contributed by atoms with Crippen LogP contribution in [-0.4, -0.2) is 23.7 Å². The molecule has 0 saturated heterocycles. The fraction of sp³-hybridized carbons (Fsp3) is 0.562. The first-order valence-corrected chi connectivity index (χ1v) is 7.75. The smallest absolute Gasteiger partial charge is 0.260 e. The van der Waals surface area contributed by atoms with Crippen molar-refractivity contribution in [3.05, 3.63) is 28.8 Å². The third-order valence-electron chi connectivity index (χ3n) is 3.19. The van der Waals surface area contributed by atoms with Gasteiger partial charge in [-0.3, -0.25) is 4.79 Å². The van der Waals surface area contributed by atoms with Crippen LogP contribution in [0.2, 0.25) is 5.02 Å². The molecule has 1 amide bonds. The van der Waals surface area contributed by atoms with Crippen molar-refractivity contribution in [3.63, 3.8) is 0 Å². The van der Waals surface area contributed by atoms with Crippen LogP contribution in [0.25, 0.3) is 0 Å². The van der Waals surface area contributed by atoms with Gasteiger partial charge in [0.25, 0.3) is 5.91 Å². The zero-order chi connectivity index (χ0) is 15.8. The van der Waals surface area contributed by atoms with E-state index in [9.17, 15) is 9.90 Å². The number of ether oxygens (including phenoxy) is 1. The molecular weight excluding hydrogens is 290 g/mol. The lowest BCUT2D eigenvalue weighted by Crippen LogP contribution is -2.36. The molecule has 1 rings (SSSR count). The molecule has 2 N–H and O–H groups in total. The van der Waals surface area contributed by atoms with Gasteiger partial charge in [-0.2, -0.15) is 0 Å². The fourth-order valence-corrected chi connectivity index (χ4v) is 2.08. The molecule has 0 fully saturated rings. The minimum Gasteiger partial charge on any atom is -0.479 e. The van der Waals surface area contributed by atoms with E-state index in [-0.39, 0.29) is 5.91 Å². The van der Waals surface area contributed by atoms with Gasteiger partial charge in [0.1, 0.15) is 5.75 Å². The van der Waals surface area contributed by atoms with Crippen molar-refractivity contribution in [3.8, 4) is 5.75 Å². The molecular formula is C16H24ClNO3. The highest BCUT2D eigenvalue weighted by molar-refractivity contribution is 6.32. The highest BCUT2D eigenvalue weighted by atomic mass is 35.5. The Kier molecular flexibility index (Phi) is 7.54. The van der Waals surface area contributed by atoms with E-state index in [1.807, 2.05) is 0 Å². The van der Waals surface area contributed by atoms with Crippen molar-refractivity contribution in [2.75, 3.05) is 6.54 Å². The highest BCUT2D eigenvalue weighted by Gasteiger charge is 2.16. The number of hydrogen-bond donors (Lipinski definition) is 2. The molecule has 0 spiro atoms. The average Bonchev–Trinajstić information content (AvgIpc) is 2.45. The summed E-state index contributed by atoms with van der Waals surface area (Å²) in [5.41, 5.74) is 0.712. The molecule has 0 heterocycles. The molecule has 1 aromatic carbocycles. The number of hydrogen-bond acceptors (Lipinski definition) is 3. The quantitative estimate of drug-likeness (QED) is 0.723. The summed E-state index contributed by atoms with van der Waals surface area (Å²) in [7, 11) is 0. The molecule has 0 radical (unpaired) electrons. The van der Waals surface area contributed by atoms with Crippen molar-refractivity contribution in [2.24, 2.45) is 0 Å². The number of benzene rings is 1.